The highest BCUT2D eigenvalue weighted by molar-refractivity contribution is 9.10. The van der Waals surface area contributed by atoms with E-state index in [1.54, 1.807) is 7.05 Å². The lowest BCUT2D eigenvalue weighted by molar-refractivity contribution is -0.142. The summed E-state index contributed by atoms with van der Waals surface area (Å²) in [7, 11) is 1.64. The first-order valence-electron chi connectivity index (χ1n) is 4.79. The Morgan fingerprint density at radius 2 is 2.00 bits per heavy atom. The molecule has 1 unspecified atom stereocenters. The number of rotatable bonds is 1. The Morgan fingerprint density at radius 1 is 1.40 bits per heavy atom. The molecule has 1 fully saturated rings. The summed E-state index contributed by atoms with van der Waals surface area (Å²) in [4.78, 5) is 12.8. The van der Waals surface area contributed by atoms with Crippen LogP contribution in [0.1, 0.15) is 18.4 Å². The van der Waals surface area contributed by atoms with Crippen molar-refractivity contribution in [3.63, 3.8) is 0 Å². The third-order valence-corrected chi connectivity index (χ3v) is 3.45. The minimum atomic E-state index is -1.13. The average molecular weight is 270 g/mol. The summed E-state index contributed by atoms with van der Waals surface area (Å²) in [5, 5.41) is 10.4. The highest BCUT2D eigenvalue weighted by atomic mass is 79.9. The van der Waals surface area contributed by atoms with E-state index in [0.717, 1.165) is 10.0 Å². The van der Waals surface area contributed by atoms with Crippen molar-refractivity contribution in [2.24, 2.45) is 0 Å². The van der Waals surface area contributed by atoms with Crippen LogP contribution < -0.4 is 0 Å². The van der Waals surface area contributed by atoms with Crippen LogP contribution in [0.15, 0.2) is 28.7 Å². The molecule has 4 heteroatoms. The predicted octanol–water partition coefficient (Wildman–Crippen LogP) is 1.85. The van der Waals surface area contributed by atoms with Crippen LogP contribution in [0.5, 0.6) is 0 Å². The molecule has 1 aliphatic heterocycles. The summed E-state index contributed by atoms with van der Waals surface area (Å²) >= 11 is 3.34. The summed E-state index contributed by atoms with van der Waals surface area (Å²) in [6, 6.07) is 7.40. The van der Waals surface area contributed by atoms with Crippen molar-refractivity contribution in [1.29, 1.82) is 0 Å². The Morgan fingerprint density at radius 3 is 2.47 bits per heavy atom. The van der Waals surface area contributed by atoms with Crippen molar-refractivity contribution in [2.45, 2.75) is 18.6 Å². The quantitative estimate of drug-likeness (QED) is 0.846. The van der Waals surface area contributed by atoms with Crippen molar-refractivity contribution < 1.29 is 9.90 Å². The predicted molar refractivity (Wildman–Crippen MR) is 60.0 cm³/mol. The fourth-order valence-electron chi connectivity index (χ4n) is 1.88. The monoisotopic (exact) mass is 269 g/mol. The Balaban J connectivity index is 2.38. The summed E-state index contributed by atoms with van der Waals surface area (Å²) in [5.41, 5.74) is -0.364. The molecule has 1 heterocycles. The molecule has 80 valence electrons. The summed E-state index contributed by atoms with van der Waals surface area (Å²) in [6.07, 6.45) is 0.868. The van der Waals surface area contributed by atoms with Crippen molar-refractivity contribution in [3.05, 3.63) is 34.3 Å². The number of likely N-dealkylation sites (tertiary alicyclic amines) is 1. The first-order chi connectivity index (χ1) is 7.04. The van der Waals surface area contributed by atoms with Crippen LogP contribution >= 0.6 is 15.9 Å². The average Bonchev–Trinajstić information content (AvgIpc) is 2.48. The topological polar surface area (TPSA) is 40.5 Å². The molecule has 15 heavy (non-hydrogen) atoms. The number of hydrogen-bond donors (Lipinski definition) is 1. The number of hydrogen-bond acceptors (Lipinski definition) is 2. The lowest BCUT2D eigenvalue weighted by Crippen LogP contribution is -2.40. The zero-order chi connectivity index (χ0) is 11.1. The molecule has 1 aliphatic rings. The van der Waals surface area contributed by atoms with Gasteiger partial charge >= 0.3 is 0 Å². The van der Waals surface area contributed by atoms with E-state index in [4.69, 9.17) is 0 Å². The van der Waals surface area contributed by atoms with Gasteiger partial charge in [-0.2, -0.15) is 0 Å². The smallest absolute Gasteiger partial charge is 0.225 e. The zero-order valence-corrected chi connectivity index (χ0v) is 9.99. The van der Waals surface area contributed by atoms with Gasteiger partial charge in [-0.15, -0.1) is 0 Å². The molecule has 1 aromatic rings. The first kappa shape index (κ1) is 10.6. The molecule has 1 saturated heterocycles. The molecule has 1 amide bonds. The number of halogens is 1. The van der Waals surface area contributed by atoms with E-state index in [1.165, 1.54) is 4.90 Å². The van der Waals surface area contributed by atoms with Crippen LogP contribution in [0, 0.1) is 0 Å². The molecular weight excluding hydrogens is 258 g/mol. The minimum absolute atomic E-state index is 0.0135. The van der Waals surface area contributed by atoms with Gasteiger partial charge in [0.2, 0.25) is 5.91 Å². The van der Waals surface area contributed by atoms with E-state index in [9.17, 15) is 9.90 Å². The maximum absolute atomic E-state index is 11.4. The van der Waals surface area contributed by atoms with Crippen LogP contribution in [-0.4, -0.2) is 23.0 Å². The molecule has 1 N–H and O–H groups in total. The summed E-state index contributed by atoms with van der Waals surface area (Å²) < 4.78 is 0.960. The SMILES string of the molecule is CN1C(=O)CCC1(O)c1ccc(Br)cc1. The van der Waals surface area contributed by atoms with Gasteiger partial charge in [0, 0.05) is 29.9 Å². The minimum Gasteiger partial charge on any atom is -0.367 e. The Kier molecular flexibility index (Phi) is 2.56. The summed E-state index contributed by atoms with van der Waals surface area (Å²) in [5.74, 6) is -0.0135. The number of amides is 1. The van der Waals surface area contributed by atoms with E-state index < -0.39 is 5.72 Å². The Labute approximate surface area is 96.8 Å². The van der Waals surface area contributed by atoms with Gasteiger partial charge in [0.05, 0.1) is 0 Å². The van der Waals surface area contributed by atoms with Gasteiger partial charge in [-0.1, -0.05) is 28.1 Å². The standard InChI is InChI=1S/C11H12BrNO2/c1-13-10(14)6-7-11(13,15)8-2-4-9(12)5-3-8/h2-5,15H,6-7H2,1H3. The van der Waals surface area contributed by atoms with E-state index in [2.05, 4.69) is 15.9 Å². The van der Waals surface area contributed by atoms with Crippen LogP contribution in [0.4, 0.5) is 0 Å². The second kappa shape index (κ2) is 3.61. The van der Waals surface area contributed by atoms with Crippen molar-refractivity contribution in [2.75, 3.05) is 7.05 Å². The van der Waals surface area contributed by atoms with Crippen LogP contribution in [0.2, 0.25) is 0 Å². The molecule has 0 saturated carbocycles. The second-order valence-corrected chi connectivity index (χ2v) is 4.69. The number of carbonyl (C=O) groups is 1. The molecule has 1 aromatic carbocycles. The summed E-state index contributed by atoms with van der Waals surface area (Å²) in [6.45, 7) is 0. The number of benzene rings is 1. The lowest BCUT2D eigenvalue weighted by atomic mass is 10.0. The van der Waals surface area contributed by atoms with Crippen LogP contribution in [0.3, 0.4) is 0 Å². The van der Waals surface area contributed by atoms with Gasteiger partial charge in [-0.3, -0.25) is 4.79 Å². The highest BCUT2D eigenvalue weighted by Crippen LogP contribution is 2.36. The van der Waals surface area contributed by atoms with E-state index in [-0.39, 0.29) is 5.91 Å². The molecule has 3 nitrogen and oxygen atoms in total. The maximum Gasteiger partial charge on any atom is 0.225 e. The zero-order valence-electron chi connectivity index (χ0n) is 8.40. The van der Waals surface area contributed by atoms with E-state index in [1.807, 2.05) is 24.3 Å². The highest BCUT2D eigenvalue weighted by Gasteiger charge is 2.42. The van der Waals surface area contributed by atoms with E-state index >= 15 is 0 Å². The first-order valence-corrected chi connectivity index (χ1v) is 5.58. The third kappa shape index (κ3) is 1.68. The Hall–Kier alpha value is -0.870. The van der Waals surface area contributed by atoms with Crippen molar-refractivity contribution in [1.82, 2.24) is 4.90 Å². The lowest BCUT2D eigenvalue weighted by Gasteiger charge is -2.30. The van der Waals surface area contributed by atoms with Crippen LogP contribution in [0.25, 0.3) is 0 Å². The molecule has 0 spiro atoms. The molecule has 0 bridgehead atoms. The van der Waals surface area contributed by atoms with E-state index in [0.29, 0.717) is 12.8 Å². The Bertz CT molecular complexity index is 390. The van der Waals surface area contributed by atoms with Gasteiger partial charge in [0.1, 0.15) is 0 Å². The van der Waals surface area contributed by atoms with Crippen molar-refractivity contribution >= 4 is 21.8 Å². The molecular formula is C11H12BrNO2. The largest absolute Gasteiger partial charge is 0.367 e. The molecule has 0 aromatic heterocycles. The molecule has 0 radical (unpaired) electrons. The fourth-order valence-corrected chi connectivity index (χ4v) is 2.14. The van der Waals surface area contributed by atoms with Gasteiger partial charge in [-0.05, 0) is 12.1 Å². The normalized spacial score (nSPS) is 26.1. The van der Waals surface area contributed by atoms with Gasteiger partial charge in [0.25, 0.3) is 0 Å². The number of carbonyl (C=O) groups excluding carboxylic acids is 1. The second-order valence-electron chi connectivity index (χ2n) is 3.78. The third-order valence-electron chi connectivity index (χ3n) is 2.92. The maximum atomic E-state index is 11.4. The molecule has 1 atom stereocenters. The molecule has 0 aliphatic carbocycles. The van der Waals surface area contributed by atoms with Crippen LogP contribution in [-0.2, 0) is 10.5 Å². The fraction of sp³-hybridized carbons (Fsp3) is 0.364. The number of aliphatic hydroxyl groups is 1. The van der Waals surface area contributed by atoms with Gasteiger partial charge in [-0.25, -0.2) is 0 Å². The van der Waals surface area contributed by atoms with Gasteiger partial charge in [0.15, 0.2) is 5.72 Å². The number of nitrogens with zero attached hydrogens (tertiary/aromatic N) is 1. The van der Waals surface area contributed by atoms with Gasteiger partial charge < -0.3 is 10.0 Å². The molecule has 2 rings (SSSR count). The van der Waals surface area contributed by atoms with Crippen molar-refractivity contribution in [3.8, 4) is 0 Å².